The van der Waals surface area contributed by atoms with Gasteiger partial charge in [0.1, 0.15) is 0 Å². The fraction of sp³-hybridized carbons (Fsp3) is 0.818. The average molecular weight is 197 g/mol. The second-order valence-corrected chi connectivity index (χ2v) is 4.05. The first kappa shape index (κ1) is 11.2. The molecule has 3 heteroatoms. The molecule has 1 aliphatic heterocycles. The molecular formula is C11H19NO2. The van der Waals surface area contributed by atoms with Gasteiger partial charge in [-0.25, -0.2) is 0 Å². The van der Waals surface area contributed by atoms with E-state index in [9.17, 15) is 9.59 Å². The van der Waals surface area contributed by atoms with E-state index in [1.807, 2.05) is 6.92 Å². The van der Waals surface area contributed by atoms with E-state index in [4.69, 9.17) is 0 Å². The van der Waals surface area contributed by atoms with Gasteiger partial charge in [0, 0.05) is 18.9 Å². The molecule has 0 aromatic heterocycles. The summed E-state index contributed by atoms with van der Waals surface area (Å²) in [6.07, 6.45) is 4.84. The number of unbranched alkanes of at least 4 members (excludes halogenated alkanes) is 3. The summed E-state index contributed by atoms with van der Waals surface area (Å²) < 4.78 is 0. The van der Waals surface area contributed by atoms with Crippen LogP contribution in [0.15, 0.2) is 0 Å². The Bertz CT molecular complexity index is 225. The van der Waals surface area contributed by atoms with Crippen LogP contribution in [0.1, 0.15) is 46.0 Å². The van der Waals surface area contributed by atoms with Gasteiger partial charge in [0.2, 0.25) is 11.8 Å². The molecule has 0 spiro atoms. The second kappa shape index (κ2) is 5.13. The third kappa shape index (κ3) is 2.56. The minimum absolute atomic E-state index is 0.0130. The van der Waals surface area contributed by atoms with Crippen LogP contribution in [-0.4, -0.2) is 23.3 Å². The number of rotatable bonds is 5. The van der Waals surface area contributed by atoms with Crippen LogP contribution in [0.5, 0.6) is 0 Å². The van der Waals surface area contributed by atoms with Crippen LogP contribution in [0, 0.1) is 5.92 Å². The van der Waals surface area contributed by atoms with Crippen molar-refractivity contribution in [1.82, 2.24) is 4.90 Å². The van der Waals surface area contributed by atoms with Gasteiger partial charge in [-0.05, 0) is 6.42 Å². The van der Waals surface area contributed by atoms with Gasteiger partial charge in [-0.3, -0.25) is 14.5 Å². The molecule has 1 fully saturated rings. The summed E-state index contributed by atoms with van der Waals surface area (Å²) >= 11 is 0. The molecule has 80 valence electrons. The molecule has 2 amide bonds. The summed E-state index contributed by atoms with van der Waals surface area (Å²) in [6.45, 7) is 4.60. The molecule has 1 heterocycles. The summed E-state index contributed by atoms with van der Waals surface area (Å²) in [5.41, 5.74) is 0. The van der Waals surface area contributed by atoms with E-state index in [2.05, 4.69) is 6.92 Å². The van der Waals surface area contributed by atoms with Crippen LogP contribution >= 0.6 is 0 Å². The molecule has 0 radical (unpaired) electrons. The summed E-state index contributed by atoms with van der Waals surface area (Å²) in [4.78, 5) is 24.3. The predicted octanol–water partition coefficient (Wildman–Crippen LogP) is 1.96. The Kier molecular flexibility index (Phi) is 4.11. The van der Waals surface area contributed by atoms with Crippen LogP contribution in [0.3, 0.4) is 0 Å². The monoisotopic (exact) mass is 197 g/mol. The number of carbonyl (C=O) groups is 2. The molecule has 1 aliphatic rings. The van der Waals surface area contributed by atoms with Gasteiger partial charge in [0.25, 0.3) is 0 Å². The maximum atomic E-state index is 11.5. The van der Waals surface area contributed by atoms with Crippen LogP contribution in [0.25, 0.3) is 0 Å². The Labute approximate surface area is 85.5 Å². The van der Waals surface area contributed by atoms with E-state index in [0.717, 1.165) is 12.8 Å². The minimum Gasteiger partial charge on any atom is -0.282 e. The first-order chi connectivity index (χ1) is 6.66. The molecule has 0 N–H and O–H groups in total. The number of hydrogen-bond acceptors (Lipinski definition) is 2. The van der Waals surface area contributed by atoms with Gasteiger partial charge >= 0.3 is 0 Å². The van der Waals surface area contributed by atoms with E-state index in [1.165, 1.54) is 17.7 Å². The molecule has 1 saturated heterocycles. The molecule has 0 saturated carbocycles. The Morgan fingerprint density at radius 2 is 2.00 bits per heavy atom. The van der Waals surface area contributed by atoms with Gasteiger partial charge in [0.05, 0.1) is 0 Å². The normalized spacial score (nSPS) is 22.1. The summed E-state index contributed by atoms with van der Waals surface area (Å²) in [5, 5.41) is 0. The van der Waals surface area contributed by atoms with Crippen molar-refractivity contribution in [1.29, 1.82) is 0 Å². The van der Waals surface area contributed by atoms with Gasteiger partial charge < -0.3 is 0 Å². The number of amides is 2. The zero-order chi connectivity index (χ0) is 10.6. The van der Waals surface area contributed by atoms with Crippen LogP contribution in [0.4, 0.5) is 0 Å². The topological polar surface area (TPSA) is 37.4 Å². The van der Waals surface area contributed by atoms with E-state index in [-0.39, 0.29) is 17.7 Å². The molecular weight excluding hydrogens is 178 g/mol. The lowest BCUT2D eigenvalue weighted by Crippen LogP contribution is -2.31. The van der Waals surface area contributed by atoms with E-state index >= 15 is 0 Å². The van der Waals surface area contributed by atoms with Crippen molar-refractivity contribution in [2.24, 2.45) is 5.92 Å². The van der Waals surface area contributed by atoms with Crippen molar-refractivity contribution >= 4 is 11.8 Å². The zero-order valence-electron chi connectivity index (χ0n) is 9.08. The van der Waals surface area contributed by atoms with E-state index in [0.29, 0.717) is 13.0 Å². The highest BCUT2D eigenvalue weighted by atomic mass is 16.2. The molecule has 0 aromatic carbocycles. The molecule has 0 aliphatic carbocycles. The van der Waals surface area contributed by atoms with Gasteiger partial charge in [-0.2, -0.15) is 0 Å². The van der Waals surface area contributed by atoms with Crippen molar-refractivity contribution in [2.45, 2.75) is 46.0 Å². The van der Waals surface area contributed by atoms with Crippen molar-refractivity contribution in [3.05, 3.63) is 0 Å². The molecule has 1 unspecified atom stereocenters. The maximum absolute atomic E-state index is 11.5. The summed E-state index contributed by atoms with van der Waals surface area (Å²) in [6, 6.07) is 0. The third-order valence-corrected chi connectivity index (χ3v) is 2.70. The van der Waals surface area contributed by atoms with Crippen LogP contribution in [0.2, 0.25) is 0 Å². The molecule has 1 atom stereocenters. The molecule has 1 rings (SSSR count). The molecule has 3 nitrogen and oxygen atoms in total. The van der Waals surface area contributed by atoms with Crippen molar-refractivity contribution in [3.8, 4) is 0 Å². The Balaban J connectivity index is 2.30. The SMILES string of the molecule is CCCCCCN1C(=O)CC(C)C1=O. The van der Waals surface area contributed by atoms with Crippen LogP contribution in [-0.2, 0) is 9.59 Å². The number of imide groups is 1. The highest BCUT2D eigenvalue weighted by Crippen LogP contribution is 2.19. The Hall–Kier alpha value is -0.860. The molecule has 0 aromatic rings. The summed E-state index contributed by atoms with van der Waals surface area (Å²) in [5.74, 6) is -0.0563. The lowest BCUT2D eigenvalue weighted by molar-refractivity contribution is -0.139. The first-order valence-electron chi connectivity index (χ1n) is 5.51. The lowest BCUT2D eigenvalue weighted by atomic mass is 10.1. The fourth-order valence-corrected chi connectivity index (χ4v) is 1.78. The second-order valence-electron chi connectivity index (χ2n) is 4.05. The fourth-order valence-electron chi connectivity index (χ4n) is 1.78. The van der Waals surface area contributed by atoms with E-state index in [1.54, 1.807) is 0 Å². The molecule has 0 bridgehead atoms. The molecule has 14 heavy (non-hydrogen) atoms. The first-order valence-corrected chi connectivity index (χ1v) is 5.51. The van der Waals surface area contributed by atoms with Gasteiger partial charge in [0.15, 0.2) is 0 Å². The number of nitrogens with zero attached hydrogens (tertiary/aromatic N) is 1. The predicted molar refractivity (Wildman–Crippen MR) is 54.6 cm³/mol. The zero-order valence-corrected chi connectivity index (χ0v) is 9.08. The Morgan fingerprint density at radius 1 is 1.29 bits per heavy atom. The number of hydrogen-bond donors (Lipinski definition) is 0. The maximum Gasteiger partial charge on any atom is 0.232 e. The van der Waals surface area contributed by atoms with Crippen molar-refractivity contribution in [3.63, 3.8) is 0 Å². The van der Waals surface area contributed by atoms with Gasteiger partial charge in [-0.1, -0.05) is 33.1 Å². The largest absolute Gasteiger partial charge is 0.282 e. The number of likely N-dealkylation sites (tertiary alicyclic amines) is 1. The smallest absolute Gasteiger partial charge is 0.232 e. The standard InChI is InChI=1S/C11H19NO2/c1-3-4-5-6-7-12-10(13)8-9(2)11(12)14/h9H,3-8H2,1-2H3. The van der Waals surface area contributed by atoms with E-state index < -0.39 is 0 Å². The van der Waals surface area contributed by atoms with Crippen molar-refractivity contribution in [2.75, 3.05) is 6.54 Å². The lowest BCUT2D eigenvalue weighted by Gasteiger charge is -2.13. The number of carbonyl (C=O) groups excluding carboxylic acids is 2. The summed E-state index contributed by atoms with van der Waals surface area (Å²) in [7, 11) is 0. The van der Waals surface area contributed by atoms with Gasteiger partial charge in [-0.15, -0.1) is 0 Å². The third-order valence-electron chi connectivity index (χ3n) is 2.70. The average Bonchev–Trinajstić information content (AvgIpc) is 2.38. The highest BCUT2D eigenvalue weighted by molar-refractivity contribution is 6.03. The highest BCUT2D eigenvalue weighted by Gasteiger charge is 2.34. The minimum atomic E-state index is -0.0892. The van der Waals surface area contributed by atoms with Crippen molar-refractivity contribution < 1.29 is 9.59 Å². The Morgan fingerprint density at radius 3 is 2.50 bits per heavy atom. The van der Waals surface area contributed by atoms with Crippen LogP contribution < -0.4 is 0 Å². The quantitative estimate of drug-likeness (QED) is 0.499.